The lowest BCUT2D eigenvalue weighted by atomic mass is 9.98. The summed E-state index contributed by atoms with van der Waals surface area (Å²) in [7, 11) is 1.80. The minimum atomic E-state index is -0.450. The molecule has 2 atom stereocenters. The Balaban J connectivity index is 0.00000420. The van der Waals surface area contributed by atoms with Gasteiger partial charge in [-0.3, -0.25) is 4.99 Å². The average molecular weight is 537 g/mol. The zero-order chi connectivity index (χ0) is 20.6. The zero-order valence-corrected chi connectivity index (χ0v) is 21.5. The molecular formula is C21H37IN4O2S. The van der Waals surface area contributed by atoms with Gasteiger partial charge in [-0.2, -0.15) is 0 Å². The first-order valence-electron chi connectivity index (χ1n) is 10.2. The van der Waals surface area contributed by atoms with E-state index in [1.165, 1.54) is 4.88 Å². The summed E-state index contributed by atoms with van der Waals surface area (Å²) < 4.78 is 5.51. The van der Waals surface area contributed by atoms with Crippen LogP contribution in [0.2, 0.25) is 0 Å². The van der Waals surface area contributed by atoms with E-state index in [1.807, 2.05) is 37.0 Å². The minimum absolute atomic E-state index is 0. The largest absolute Gasteiger partial charge is 0.444 e. The molecule has 1 fully saturated rings. The van der Waals surface area contributed by atoms with Crippen LogP contribution in [0.25, 0.3) is 0 Å². The molecule has 0 saturated carbocycles. The molecule has 0 bridgehead atoms. The highest BCUT2D eigenvalue weighted by molar-refractivity contribution is 14.0. The lowest BCUT2D eigenvalue weighted by Crippen LogP contribution is -2.47. The fraction of sp³-hybridized carbons (Fsp3) is 0.714. The van der Waals surface area contributed by atoms with Crippen molar-refractivity contribution < 1.29 is 9.53 Å². The SMILES string of the molecule is CN=C(NCC(C)Cc1cccs1)NCC1CCCN(C(=O)OC(C)(C)C)C1.I. The predicted molar refractivity (Wildman–Crippen MR) is 132 cm³/mol. The molecule has 6 nitrogen and oxygen atoms in total. The van der Waals surface area contributed by atoms with Gasteiger partial charge in [-0.15, -0.1) is 35.3 Å². The normalized spacial score (nSPS) is 18.6. The molecular weight excluding hydrogens is 499 g/mol. The topological polar surface area (TPSA) is 66.0 Å². The van der Waals surface area contributed by atoms with E-state index in [4.69, 9.17) is 4.74 Å². The molecule has 0 aliphatic carbocycles. The standard InChI is InChI=1S/C21H36N4O2S.HI/c1-16(12-18-9-7-11-28-18)13-23-19(22-5)24-14-17-8-6-10-25(15-17)20(26)27-21(2,3)4;/h7,9,11,16-17H,6,8,10,12-15H2,1-5H3,(H2,22,23,24);1H. The van der Waals surface area contributed by atoms with Crippen LogP contribution in [-0.2, 0) is 11.2 Å². The third kappa shape index (κ3) is 10.0. The molecule has 0 spiro atoms. The second-order valence-electron chi connectivity index (χ2n) is 8.66. The first kappa shape index (κ1) is 26.0. The Morgan fingerprint density at radius 3 is 2.79 bits per heavy atom. The van der Waals surface area contributed by atoms with Gasteiger partial charge in [0, 0.05) is 38.1 Å². The van der Waals surface area contributed by atoms with Gasteiger partial charge in [0.15, 0.2) is 5.96 Å². The van der Waals surface area contributed by atoms with E-state index in [1.54, 1.807) is 7.05 Å². The number of carbonyl (C=O) groups excluding carboxylic acids is 1. The highest BCUT2D eigenvalue weighted by Crippen LogP contribution is 2.19. The lowest BCUT2D eigenvalue weighted by Gasteiger charge is -2.34. The second-order valence-corrected chi connectivity index (χ2v) is 9.69. The summed E-state index contributed by atoms with van der Waals surface area (Å²) in [5.41, 5.74) is -0.450. The fourth-order valence-corrected chi connectivity index (χ4v) is 4.17. The number of hydrogen-bond donors (Lipinski definition) is 2. The van der Waals surface area contributed by atoms with Gasteiger partial charge in [0.2, 0.25) is 0 Å². The first-order chi connectivity index (χ1) is 13.3. The van der Waals surface area contributed by atoms with Gasteiger partial charge in [-0.25, -0.2) is 4.79 Å². The molecule has 1 aliphatic rings. The monoisotopic (exact) mass is 536 g/mol. The summed E-state index contributed by atoms with van der Waals surface area (Å²) in [4.78, 5) is 19.9. The highest BCUT2D eigenvalue weighted by Gasteiger charge is 2.27. The van der Waals surface area contributed by atoms with E-state index >= 15 is 0 Å². The van der Waals surface area contributed by atoms with Crippen LogP contribution < -0.4 is 10.6 Å². The Hall–Kier alpha value is -1.03. The van der Waals surface area contributed by atoms with E-state index in [0.29, 0.717) is 11.8 Å². The van der Waals surface area contributed by atoms with Crippen molar-refractivity contribution in [3.63, 3.8) is 0 Å². The van der Waals surface area contributed by atoms with Crippen molar-refractivity contribution in [3.05, 3.63) is 22.4 Å². The Kier molecular flexibility index (Phi) is 11.3. The number of carbonyl (C=O) groups is 1. The van der Waals surface area contributed by atoms with Crippen LogP contribution >= 0.6 is 35.3 Å². The third-order valence-electron chi connectivity index (χ3n) is 4.70. The van der Waals surface area contributed by atoms with Crippen LogP contribution in [0.15, 0.2) is 22.5 Å². The number of nitrogens with one attached hydrogen (secondary N) is 2. The van der Waals surface area contributed by atoms with Crippen LogP contribution in [0.3, 0.4) is 0 Å². The number of piperidine rings is 1. The minimum Gasteiger partial charge on any atom is -0.444 e. The van der Waals surface area contributed by atoms with Crippen LogP contribution in [0.1, 0.15) is 45.4 Å². The number of guanidine groups is 1. The maximum absolute atomic E-state index is 12.3. The van der Waals surface area contributed by atoms with Crippen LogP contribution in [0, 0.1) is 11.8 Å². The van der Waals surface area contributed by atoms with Crippen LogP contribution in [-0.4, -0.2) is 55.8 Å². The molecule has 1 amide bonds. The molecule has 29 heavy (non-hydrogen) atoms. The number of aliphatic imine (C=N–C) groups is 1. The smallest absolute Gasteiger partial charge is 0.410 e. The van der Waals surface area contributed by atoms with Crippen molar-refractivity contribution in [3.8, 4) is 0 Å². The van der Waals surface area contributed by atoms with Crippen molar-refractivity contribution in [1.82, 2.24) is 15.5 Å². The van der Waals surface area contributed by atoms with E-state index in [-0.39, 0.29) is 30.1 Å². The van der Waals surface area contributed by atoms with Gasteiger partial charge in [0.05, 0.1) is 0 Å². The number of thiophene rings is 1. The number of hydrogen-bond acceptors (Lipinski definition) is 4. The number of rotatable bonds is 6. The van der Waals surface area contributed by atoms with Crippen molar-refractivity contribution in [2.75, 3.05) is 33.2 Å². The lowest BCUT2D eigenvalue weighted by molar-refractivity contribution is 0.0168. The molecule has 2 heterocycles. The summed E-state index contributed by atoms with van der Waals surface area (Å²) in [6, 6.07) is 4.29. The average Bonchev–Trinajstić information content (AvgIpc) is 3.13. The number of amides is 1. The van der Waals surface area contributed by atoms with Crippen molar-refractivity contribution in [2.24, 2.45) is 16.8 Å². The third-order valence-corrected chi connectivity index (χ3v) is 5.60. The van der Waals surface area contributed by atoms with Gasteiger partial charge >= 0.3 is 6.09 Å². The first-order valence-corrected chi connectivity index (χ1v) is 11.1. The van der Waals surface area contributed by atoms with E-state index in [0.717, 1.165) is 51.4 Å². The van der Waals surface area contributed by atoms with Gasteiger partial charge in [-0.05, 0) is 63.3 Å². The number of ether oxygens (including phenoxy) is 1. The van der Waals surface area contributed by atoms with Gasteiger partial charge in [0.25, 0.3) is 0 Å². The summed E-state index contributed by atoms with van der Waals surface area (Å²) in [5, 5.41) is 8.97. The maximum Gasteiger partial charge on any atom is 0.410 e. The Bertz CT molecular complexity index is 631. The van der Waals surface area contributed by atoms with E-state index in [9.17, 15) is 4.79 Å². The number of nitrogens with zero attached hydrogens (tertiary/aromatic N) is 2. The molecule has 1 aromatic rings. The quantitative estimate of drug-likeness (QED) is 0.322. The van der Waals surface area contributed by atoms with E-state index in [2.05, 4.69) is 40.1 Å². The molecule has 1 aromatic heterocycles. The summed E-state index contributed by atoms with van der Waals surface area (Å²) >= 11 is 1.81. The van der Waals surface area contributed by atoms with Crippen LogP contribution in [0.5, 0.6) is 0 Å². The second kappa shape index (κ2) is 12.6. The Morgan fingerprint density at radius 1 is 1.41 bits per heavy atom. The molecule has 8 heteroatoms. The molecule has 166 valence electrons. The zero-order valence-electron chi connectivity index (χ0n) is 18.4. The van der Waals surface area contributed by atoms with Gasteiger partial charge in [0.1, 0.15) is 5.60 Å². The molecule has 1 saturated heterocycles. The number of likely N-dealkylation sites (tertiary alicyclic amines) is 1. The van der Waals surface area contributed by atoms with Crippen LogP contribution in [0.4, 0.5) is 4.79 Å². The van der Waals surface area contributed by atoms with Crippen molar-refractivity contribution in [1.29, 1.82) is 0 Å². The molecule has 2 N–H and O–H groups in total. The predicted octanol–water partition coefficient (Wildman–Crippen LogP) is 4.36. The molecule has 1 aliphatic heterocycles. The Labute approximate surface area is 196 Å². The van der Waals surface area contributed by atoms with Gasteiger partial charge < -0.3 is 20.3 Å². The fourth-order valence-electron chi connectivity index (χ4n) is 3.30. The summed E-state index contributed by atoms with van der Waals surface area (Å²) in [6.45, 7) is 11.2. The number of halogens is 1. The summed E-state index contributed by atoms with van der Waals surface area (Å²) in [6.07, 6.45) is 2.99. The Morgan fingerprint density at radius 2 is 2.17 bits per heavy atom. The van der Waals surface area contributed by atoms with Crippen molar-refractivity contribution in [2.45, 2.75) is 52.6 Å². The van der Waals surface area contributed by atoms with Crippen molar-refractivity contribution >= 4 is 47.4 Å². The summed E-state index contributed by atoms with van der Waals surface area (Å²) in [5.74, 6) is 1.77. The molecule has 2 rings (SSSR count). The van der Waals surface area contributed by atoms with E-state index < -0.39 is 5.60 Å². The highest BCUT2D eigenvalue weighted by atomic mass is 127. The maximum atomic E-state index is 12.3. The molecule has 0 aromatic carbocycles. The van der Waals surface area contributed by atoms with Gasteiger partial charge in [-0.1, -0.05) is 13.0 Å². The molecule has 0 radical (unpaired) electrons. The molecule has 2 unspecified atom stereocenters.